The Morgan fingerprint density at radius 2 is 0.919 bits per heavy atom. The minimum Gasteiger partial charge on any atom is -0.356 e. The van der Waals surface area contributed by atoms with E-state index in [1.54, 1.807) is 64.0 Å². The van der Waals surface area contributed by atoms with Gasteiger partial charge in [-0.15, -0.1) is 86.1 Å². The highest BCUT2D eigenvalue weighted by Gasteiger charge is 2.38. The molecule has 1 fully saturated rings. The molecule has 9 aromatic heterocycles. The molecule has 19 rings (SSSR count). The molecule has 0 aliphatic carbocycles. The second-order valence-electron chi connectivity index (χ2n) is 34.2. The van der Waals surface area contributed by atoms with E-state index < -0.39 is 12.1 Å². The third-order valence-corrected chi connectivity index (χ3v) is 30.3. The quantitative estimate of drug-likeness (QED) is 0.0322. The minimum atomic E-state index is -0.551. The average molecular weight is 1960 g/mol. The standard InChI is InChI=1S/C28H26ClN5OS.C28H37N7OS.C23H21ClN8OS.C21H21ClN4OS.CH4/c1-16-5-7-20(8-6-16)14-30-15-23(35)13-24-27-33-32-19(4)34(27)28-25(17(2)18(3)36-28)26(31-24)21-9-11-22(29)12-10-21;1-18-7-9-22(10-8-18)26-25-19(2)20(3)37-28(25)35-21(4)31-32-27(35)23(30-26)17-24(36)29-11-6-12-34-15-13-33(5)14-16-34;1-12-13(2)34-23-20(12)21(15-4-6-16(24)7-5-15)28-17(22-31-29-14(3)32(22)23)10-19(33)30-27-11-18-25-8-9-26-18;1-5-16(27)10-17-20-25-24-13(4)26(20)21-18(11(2)12(3)28-21)19(23-17)14-6-8-15(22)9-7-14;/h5-12,14,24H,13,15H2,1-4H3;7-10,26H,6,11-17H2,1-5H3,(H,29,36);4-9,11,17H,10H2,1-3H3,(H,25,26)(H,30,33);6-9,17H,5,10H2,1-4H3;1H4/b;;27-11+;;/t24-;;2*17-;/m0.00./s1. The Bertz CT molecular complexity index is 6950. The Morgan fingerprint density at radius 1 is 0.485 bits per heavy atom. The molecule has 5 aromatic carbocycles. The zero-order chi connectivity index (χ0) is 95.3. The van der Waals surface area contributed by atoms with Crippen LogP contribution in [0.5, 0.6) is 0 Å². The third-order valence-electron chi connectivity index (χ3n) is 24.7. The van der Waals surface area contributed by atoms with Crippen molar-refractivity contribution in [2.24, 2.45) is 30.1 Å². The van der Waals surface area contributed by atoms with Crippen LogP contribution in [0.25, 0.3) is 20.0 Å². The van der Waals surface area contributed by atoms with Crippen molar-refractivity contribution in [3.63, 3.8) is 0 Å². The number of likely N-dealkylation sites (N-methyl/N-ethyl adjacent to an activating group) is 1. The molecular weight excluding hydrogens is 1850 g/mol. The summed E-state index contributed by atoms with van der Waals surface area (Å²) in [6, 6.07) is 38.0. The number of nitrogens with zero attached hydrogens (tertiary/aromatic N) is 21. The van der Waals surface area contributed by atoms with Crippen LogP contribution in [0, 0.1) is 96.9 Å². The van der Waals surface area contributed by atoms with Gasteiger partial charge in [0.2, 0.25) is 11.8 Å². The number of carbonyl (C=O) groups is 4. The van der Waals surface area contributed by atoms with Crippen molar-refractivity contribution in [2.45, 2.75) is 174 Å². The maximum Gasteiger partial charge on any atom is 0.242 e. The molecule has 5 aliphatic rings. The van der Waals surface area contributed by atoms with E-state index in [1.165, 1.54) is 53.5 Å². The molecule has 28 nitrogen and oxygen atoms in total. The maximum absolute atomic E-state index is 13.1. The largest absolute Gasteiger partial charge is 0.356 e. The number of halogens is 3. The molecule has 1 saturated heterocycles. The number of amides is 2. The van der Waals surface area contributed by atoms with Gasteiger partial charge in [-0.1, -0.05) is 145 Å². The Labute approximate surface area is 822 Å². The lowest BCUT2D eigenvalue weighted by atomic mass is 9.96. The third kappa shape index (κ3) is 21.4. The molecule has 35 heteroatoms. The summed E-state index contributed by atoms with van der Waals surface area (Å²) in [7, 11) is 2.17. The van der Waals surface area contributed by atoms with E-state index in [0.717, 1.165) is 161 Å². The number of thiophene rings is 4. The fourth-order valence-electron chi connectivity index (χ4n) is 16.8. The molecule has 1 unspecified atom stereocenters. The second kappa shape index (κ2) is 43.0. The number of Topliss-reactive ketones (excluding diaryl/α,β-unsaturated/α-hetero) is 2. The first-order valence-corrected chi connectivity index (χ1v) is 49.2. The summed E-state index contributed by atoms with van der Waals surface area (Å²) in [5.74, 6) is 6.20. The SMILES string of the molecule is C.CCC(=O)C[C@@H]1N=C(c2ccc(Cl)cc2)c2c(sc(C)c2C)-n2c(C)nnc21.Cc1ccc(C2N=C(CC(=O)NCCCN3CCN(C)CC3)c3nnc(C)n3-c3sc(C)c(C)c32)cc1.Cc1ccc(C=NCC(=O)C[C@@H]2N=C(c3ccc(Cl)cc3)c3c(sc(C)c3C)-n3c(C)nnc32)cc1.Cc1sc2c(c1C)C(c1ccc(Cl)cc1)=N[C@@H](CC(=O)N/N=C/c1ncc[nH]1)c1nnc(C)n1-2. The Kier molecular flexibility index (Phi) is 31.1. The molecule has 2 amide bonds. The molecule has 4 atom stereocenters. The number of imidazole rings is 1. The van der Waals surface area contributed by atoms with Crippen molar-refractivity contribution in [2.75, 3.05) is 52.9 Å². The van der Waals surface area contributed by atoms with Crippen LogP contribution in [0.1, 0.15) is 232 Å². The van der Waals surface area contributed by atoms with Crippen molar-refractivity contribution < 1.29 is 19.2 Å². The van der Waals surface area contributed by atoms with Crippen molar-refractivity contribution in [1.82, 2.24) is 89.6 Å². The number of aromatic nitrogens is 14. The molecule has 0 radical (unpaired) electrons. The fourth-order valence-corrected chi connectivity index (χ4v) is 22.1. The molecule has 136 heavy (non-hydrogen) atoms. The van der Waals surface area contributed by atoms with Gasteiger partial charge in [-0.05, 0) is 187 Å². The zero-order valence-corrected chi connectivity index (χ0v) is 83.7. The number of hydrogen-bond donors (Lipinski definition) is 3. The summed E-state index contributed by atoms with van der Waals surface area (Å²) in [4.78, 5) is 92.8. The molecule has 0 saturated carbocycles. The Morgan fingerprint density at radius 3 is 1.38 bits per heavy atom. The van der Waals surface area contributed by atoms with Crippen LogP contribution in [-0.4, -0.2) is 190 Å². The number of H-pyrrole nitrogens is 1. The number of aliphatic imine (C=N–C) groups is 5. The van der Waals surface area contributed by atoms with Crippen LogP contribution < -0.4 is 10.7 Å². The highest BCUT2D eigenvalue weighted by molar-refractivity contribution is 7.16. The van der Waals surface area contributed by atoms with Crippen LogP contribution in [0.3, 0.4) is 0 Å². The fraction of sp³-hybridized carbons (Fsp3) is 0.337. The summed E-state index contributed by atoms with van der Waals surface area (Å²) in [6.07, 6.45) is 8.64. The summed E-state index contributed by atoms with van der Waals surface area (Å²) >= 11 is 25.2. The van der Waals surface area contributed by atoms with Gasteiger partial charge >= 0.3 is 0 Å². The van der Waals surface area contributed by atoms with E-state index in [4.69, 9.17) is 54.8 Å². The van der Waals surface area contributed by atoms with Crippen LogP contribution >= 0.6 is 80.1 Å². The summed E-state index contributed by atoms with van der Waals surface area (Å²) in [5.41, 5.74) is 22.2. The number of nitrogens with one attached hydrogen (secondary N) is 3. The minimum absolute atomic E-state index is 0. The first-order chi connectivity index (χ1) is 64.9. The maximum atomic E-state index is 13.1. The zero-order valence-electron chi connectivity index (χ0n) is 78.1. The molecule has 3 N–H and O–H groups in total. The molecule has 702 valence electrons. The number of hydrazone groups is 1. The van der Waals surface area contributed by atoms with E-state index in [2.05, 4.69) is 189 Å². The highest BCUT2D eigenvalue weighted by atomic mass is 35.5. The smallest absolute Gasteiger partial charge is 0.242 e. The van der Waals surface area contributed by atoms with E-state index in [9.17, 15) is 19.2 Å². The van der Waals surface area contributed by atoms with E-state index in [0.29, 0.717) is 63.5 Å². The van der Waals surface area contributed by atoms with E-state index in [-0.39, 0.29) is 68.7 Å². The number of benzene rings is 5. The summed E-state index contributed by atoms with van der Waals surface area (Å²) in [5, 5.41) is 48.4. The molecule has 0 bridgehead atoms. The lowest BCUT2D eigenvalue weighted by molar-refractivity contribution is -0.121. The van der Waals surface area contributed by atoms with E-state index >= 15 is 0 Å². The van der Waals surface area contributed by atoms with Gasteiger partial charge in [0.05, 0.1) is 48.4 Å². The lowest BCUT2D eigenvalue weighted by Gasteiger charge is -2.32. The van der Waals surface area contributed by atoms with Gasteiger partial charge < -0.3 is 20.1 Å². The number of rotatable bonds is 22. The molecule has 14 heterocycles. The van der Waals surface area contributed by atoms with E-state index in [1.807, 2.05) is 143 Å². The molecule has 5 aliphatic heterocycles. The monoisotopic (exact) mass is 1950 g/mol. The van der Waals surface area contributed by atoms with Crippen LogP contribution in [0.15, 0.2) is 164 Å². The number of hydrogen-bond acceptors (Lipinski definition) is 25. The number of aryl methyl sites for hydroxylation is 10. The van der Waals surface area contributed by atoms with Crippen LogP contribution in [-0.2, 0) is 19.2 Å². The average Bonchev–Trinajstić information content (AvgIpc) is 1.60. The summed E-state index contributed by atoms with van der Waals surface area (Å²) in [6.45, 7) is 36.9. The van der Waals surface area contributed by atoms with Crippen LogP contribution in [0.4, 0.5) is 0 Å². The second-order valence-corrected chi connectivity index (χ2v) is 40.3. The number of ketones is 2. The summed E-state index contributed by atoms with van der Waals surface area (Å²) < 4.78 is 8.23. The molecular formula is C101H109Cl3N24O4S4. The van der Waals surface area contributed by atoms with Gasteiger partial charge in [0.15, 0.2) is 29.1 Å². The number of carbonyl (C=O) groups excluding carboxylic acids is 4. The Balaban J connectivity index is 0.000000138. The van der Waals surface area contributed by atoms with Gasteiger partial charge in [0.1, 0.15) is 79.1 Å². The van der Waals surface area contributed by atoms with Gasteiger partial charge in [-0.25, -0.2) is 10.4 Å². The van der Waals surface area contributed by atoms with Gasteiger partial charge in [-0.3, -0.25) is 62.4 Å². The van der Waals surface area contributed by atoms with Crippen LogP contribution in [0.2, 0.25) is 15.1 Å². The van der Waals surface area contributed by atoms with Crippen molar-refractivity contribution in [3.8, 4) is 20.0 Å². The molecule has 0 spiro atoms. The van der Waals surface area contributed by atoms with Gasteiger partial charge in [0, 0.05) is 144 Å². The number of fused-ring (bicyclic) bond motifs is 12. The number of piperazine rings is 1. The predicted octanol–water partition coefficient (Wildman–Crippen LogP) is 19.7. The van der Waals surface area contributed by atoms with Crippen molar-refractivity contribution >= 4 is 139 Å². The van der Waals surface area contributed by atoms with Gasteiger partial charge in [-0.2, -0.15) is 5.10 Å². The molecule has 14 aromatic rings. The Hall–Kier alpha value is -12.2. The highest BCUT2D eigenvalue weighted by Crippen LogP contribution is 2.47. The topological polar surface area (TPSA) is 324 Å². The van der Waals surface area contributed by atoms with Crippen molar-refractivity contribution in [1.29, 1.82) is 0 Å². The first kappa shape index (κ1) is 98.3. The number of aromatic amines is 1. The first-order valence-electron chi connectivity index (χ1n) is 44.8. The predicted molar refractivity (Wildman–Crippen MR) is 548 cm³/mol. The van der Waals surface area contributed by atoms with Crippen molar-refractivity contribution in [3.05, 3.63) is 304 Å². The lowest BCUT2D eigenvalue weighted by Crippen LogP contribution is -2.45. The van der Waals surface area contributed by atoms with Gasteiger partial charge in [0.25, 0.3) is 0 Å². The normalized spacial score (nSPS) is 15.9.